The molecule has 0 aliphatic heterocycles. The van der Waals surface area contributed by atoms with Gasteiger partial charge in [0.15, 0.2) is 0 Å². The zero-order valence-electron chi connectivity index (χ0n) is 11.7. The maximum Gasteiger partial charge on any atom is 0.236 e. The van der Waals surface area contributed by atoms with Crippen molar-refractivity contribution in [3.63, 3.8) is 0 Å². The van der Waals surface area contributed by atoms with Gasteiger partial charge in [-0.15, -0.1) is 0 Å². The molecule has 0 bridgehead atoms. The zero-order valence-corrected chi connectivity index (χ0v) is 11.7. The van der Waals surface area contributed by atoms with Gasteiger partial charge in [-0.1, -0.05) is 12.8 Å². The summed E-state index contributed by atoms with van der Waals surface area (Å²) in [5, 5.41) is 9.85. The summed E-state index contributed by atoms with van der Waals surface area (Å²) in [5.41, 5.74) is 6.54. The van der Waals surface area contributed by atoms with Crippen molar-refractivity contribution in [2.45, 2.75) is 44.8 Å². The van der Waals surface area contributed by atoms with Gasteiger partial charge in [0, 0.05) is 17.3 Å². The molecule has 0 aromatic heterocycles. The van der Waals surface area contributed by atoms with Crippen molar-refractivity contribution < 1.29 is 14.3 Å². The topological polar surface area (TPSA) is 66.6 Å². The lowest BCUT2D eigenvalue weighted by Gasteiger charge is -2.32. The van der Waals surface area contributed by atoms with Gasteiger partial charge in [0.05, 0.1) is 12.6 Å². The highest BCUT2D eigenvalue weighted by Crippen LogP contribution is 2.33. The average molecular weight is 280 g/mol. The second-order valence-corrected chi connectivity index (χ2v) is 5.41. The van der Waals surface area contributed by atoms with Crippen LogP contribution in [0.3, 0.4) is 0 Å². The molecule has 0 spiro atoms. The number of amides is 1. The summed E-state index contributed by atoms with van der Waals surface area (Å²) >= 11 is 0. The molecular formula is C15H21FN2O2. The van der Waals surface area contributed by atoms with E-state index in [2.05, 4.69) is 0 Å². The second-order valence-electron chi connectivity index (χ2n) is 5.41. The molecule has 1 saturated carbocycles. The van der Waals surface area contributed by atoms with Gasteiger partial charge in [0.25, 0.3) is 0 Å². The summed E-state index contributed by atoms with van der Waals surface area (Å²) in [5.74, 6) is -0.812. The molecule has 5 heteroatoms. The van der Waals surface area contributed by atoms with Crippen LogP contribution in [-0.2, 0) is 4.79 Å². The second kappa shape index (κ2) is 6.22. The summed E-state index contributed by atoms with van der Waals surface area (Å²) in [6.45, 7) is 1.69. The number of carbonyl (C=O) groups is 1. The van der Waals surface area contributed by atoms with Gasteiger partial charge in [-0.25, -0.2) is 4.39 Å². The fourth-order valence-electron chi connectivity index (χ4n) is 2.92. The lowest BCUT2D eigenvalue weighted by Crippen LogP contribution is -2.40. The Labute approximate surface area is 118 Å². The molecule has 1 atom stereocenters. The molecule has 20 heavy (non-hydrogen) atoms. The number of rotatable bonds is 5. The van der Waals surface area contributed by atoms with Crippen LogP contribution in [-0.4, -0.2) is 23.6 Å². The van der Waals surface area contributed by atoms with Crippen LogP contribution in [0.15, 0.2) is 18.2 Å². The molecule has 1 aromatic rings. The normalized spacial score (nSPS) is 17.1. The fraction of sp³-hybridized carbons (Fsp3) is 0.533. The SMILES string of the molecule is C[C@H](O)c1cc(F)ccc1N(CC(N)=O)C1CCCC1. The molecule has 1 aliphatic carbocycles. The van der Waals surface area contributed by atoms with E-state index in [1.165, 1.54) is 12.1 Å². The van der Waals surface area contributed by atoms with E-state index in [1.54, 1.807) is 13.0 Å². The number of nitrogens with zero attached hydrogens (tertiary/aromatic N) is 1. The van der Waals surface area contributed by atoms with E-state index >= 15 is 0 Å². The Bertz CT molecular complexity index is 485. The van der Waals surface area contributed by atoms with E-state index in [1.807, 2.05) is 4.90 Å². The highest BCUT2D eigenvalue weighted by atomic mass is 19.1. The lowest BCUT2D eigenvalue weighted by atomic mass is 10.0. The molecule has 1 amide bonds. The van der Waals surface area contributed by atoms with Crippen LogP contribution in [0, 0.1) is 5.82 Å². The minimum absolute atomic E-state index is 0.0933. The molecule has 1 aliphatic rings. The Morgan fingerprint density at radius 2 is 2.15 bits per heavy atom. The van der Waals surface area contributed by atoms with E-state index in [0.717, 1.165) is 25.7 Å². The highest BCUT2D eigenvalue weighted by molar-refractivity contribution is 5.80. The summed E-state index contributed by atoms with van der Waals surface area (Å²) in [6.07, 6.45) is 3.42. The van der Waals surface area contributed by atoms with Gasteiger partial charge in [0.2, 0.25) is 5.91 Å². The first-order valence-corrected chi connectivity index (χ1v) is 7.01. The van der Waals surface area contributed by atoms with Crippen LogP contribution in [0.4, 0.5) is 10.1 Å². The van der Waals surface area contributed by atoms with Crippen molar-refractivity contribution in [3.8, 4) is 0 Å². The number of carbonyl (C=O) groups excluding carboxylic acids is 1. The Morgan fingerprint density at radius 1 is 1.50 bits per heavy atom. The Hall–Kier alpha value is -1.62. The van der Waals surface area contributed by atoms with Crippen LogP contribution in [0.2, 0.25) is 0 Å². The van der Waals surface area contributed by atoms with Crippen molar-refractivity contribution in [2.75, 3.05) is 11.4 Å². The molecule has 1 fully saturated rings. The Balaban J connectivity index is 2.39. The highest BCUT2D eigenvalue weighted by Gasteiger charge is 2.26. The number of aliphatic hydroxyl groups is 1. The summed E-state index contributed by atoms with van der Waals surface area (Å²) in [6, 6.07) is 4.52. The Morgan fingerprint density at radius 3 is 2.70 bits per heavy atom. The zero-order chi connectivity index (χ0) is 14.7. The quantitative estimate of drug-likeness (QED) is 0.868. The first-order chi connectivity index (χ1) is 9.49. The number of anilines is 1. The van der Waals surface area contributed by atoms with Crippen molar-refractivity contribution >= 4 is 11.6 Å². The molecule has 1 aromatic carbocycles. The number of primary amides is 1. The molecular weight excluding hydrogens is 259 g/mol. The number of hydrogen-bond donors (Lipinski definition) is 2. The number of benzene rings is 1. The van der Waals surface area contributed by atoms with E-state index in [9.17, 15) is 14.3 Å². The molecule has 2 rings (SSSR count). The first-order valence-electron chi connectivity index (χ1n) is 7.01. The minimum atomic E-state index is -0.794. The molecule has 110 valence electrons. The molecule has 4 nitrogen and oxygen atoms in total. The van der Waals surface area contributed by atoms with Gasteiger partial charge in [-0.05, 0) is 38.0 Å². The smallest absolute Gasteiger partial charge is 0.236 e. The predicted molar refractivity (Wildman–Crippen MR) is 75.8 cm³/mol. The third kappa shape index (κ3) is 3.28. The van der Waals surface area contributed by atoms with Gasteiger partial charge < -0.3 is 15.7 Å². The van der Waals surface area contributed by atoms with Crippen LogP contribution in [0.1, 0.15) is 44.3 Å². The van der Waals surface area contributed by atoms with E-state index in [-0.39, 0.29) is 12.6 Å². The largest absolute Gasteiger partial charge is 0.389 e. The number of aliphatic hydroxyl groups excluding tert-OH is 1. The predicted octanol–water partition coefficient (Wildman–Crippen LogP) is 2.11. The van der Waals surface area contributed by atoms with Gasteiger partial charge in [-0.3, -0.25) is 4.79 Å². The molecule has 0 radical (unpaired) electrons. The van der Waals surface area contributed by atoms with Crippen LogP contribution in [0.5, 0.6) is 0 Å². The van der Waals surface area contributed by atoms with E-state index in [4.69, 9.17) is 5.73 Å². The van der Waals surface area contributed by atoms with E-state index < -0.39 is 17.8 Å². The third-order valence-corrected chi connectivity index (χ3v) is 3.84. The summed E-state index contributed by atoms with van der Waals surface area (Å²) < 4.78 is 13.4. The van der Waals surface area contributed by atoms with Crippen LogP contribution < -0.4 is 10.6 Å². The Kier molecular flexibility index (Phi) is 4.60. The van der Waals surface area contributed by atoms with Gasteiger partial charge in [-0.2, -0.15) is 0 Å². The van der Waals surface area contributed by atoms with Crippen LogP contribution in [0.25, 0.3) is 0 Å². The maximum atomic E-state index is 13.4. The van der Waals surface area contributed by atoms with Crippen molar-refractivity contribution in [1.29, 1.82) is 0 Å². The maximum absolute atomic E-state index is 13.4. The molecule has 0 heterocycles. The minimum Gasteiger partial charge on any atom is -0.389 e. The lowest BCUT2D eigenvalue weighted by molar-refractivity contribution is -0.116. The van der Waals surface area contributed by atoms with Crippen molar-refractivity contribution in [2.24, 2.45) is 5.73 Å². The molecule has 0 unspecified atom stereocenters. The van der Waals surface area contributed by atoms with Gasteiger partial charge >= 0.3 is 0 Å². The standard InChI is InChI=1S/C15H21FN2O2/c1-10(19)13-8-11(16)6-7-14(13)18(9-15(17)20)12-4-2-3-5-12/h6-8,10,12,19H,2-5,9H2,1H3,(H2,17,20)/t10-/m0/s1. The molecule has 0 saturated heterocycles. The van der Waals surface area contributed by atoms with Crippen molar-refractivity contribution in [3.05, 3.63) is 29.6 Å². The fourth-order valence-corrected chi connectivity index (χ4v) is 2.92. The van der Waals surface area contributed by atoms with Gasteiger partial charge in [0.1, 0.15) is 5.82 Å². The van der Waals surface area contributed by atoms with Crippen LogP contribution >= 0.6 is 0 Å². The monoisotopic (exact) mass is 280 g/mol. The third-order valence-electron chi connectivity index (χ3n) is 3.84. The first kappa shape index (κ1) is 14.8. The number of nitrogens with two attached hydrogens (primary N) is 1. The average Bonchev–Trinajstić information content (AvgIpc) is 2.89. The van der Waals surface area contributed by atoms with E-state index in [0.29, 0.717) is 11.3 Å². The number of hydrogen-bond acceptors (Lipinski definition) is 3. The molecule has 3 N–H and O–H groups in total. The number of halogens is 1. The summed E-state index contributed by atoms with van der Waals surface area (Å²) in [7, 11) is 0. The summed E-state index contributed by atoms with van der Waals surface area (Å²) in [4.78, 5) is 13.2. The van der Waals surface area contributed by atoms with Crippen molar-refractivity contribution in [1.82, 2.24) is 0 Å².